The van der Waals surface area contributed by atoms with Crippen LogP contribution in [-0.2, 0) is 4.79 Å². The van der Waals surface area contributed by atoms with Gasteiger partial charge < -0.3 is 10.0 Å². The van der Waals surface area contributed by atoms with Crippen LogP contribution in [0.2, 0.25) is 0 Å². The maximum absolute atomic E-state index is 10.8. The van der Waals surface area contributed by atoms with Crippen molar-refractivity contribution in [3.63, 3.8) is 0 Å². The summed E-state index contributed by atoms with van der Waals surface area (Å²) in [7, 11) is 2.07. The van der Waals surface area contributed by atoms with Crippen molar-refractivity contribution >= 4 is 11.7 Å². The van der Waals surface area contributed by atoms with E-state index in [0.29, 0.717) is 6.04 Å². The molecule has 1 aromatic carbocycles. The first kappa shape index (κ1) is 12.9. The number of nitrogens with zero attached hydrogens (tertiary/aromatic N) is 1. The molecule has 2 rings (SSSR count). The van der Waals surface area contributed by atoms with Gasteiger partial charge in [-0.15, -0.1) is 0 Å². The fourth-order valence-electron chi connectivity index (χ4n) is 2.63. The van der Waals surface area contributed by atoms with Gasteiger partial charge in [0.1, 0.15) is 0 Å². The van der Waals surface area contributed by atoms with Crippen molar-refractivity contribution in [2.75, 3.05) is 11.9 Å². The Morgan fingerprint density at radius 1 is 1.22 bits per heavy atom. The number of anilines is 1. The van der Waals surface area contributed by atoms with Gasteiger partial charge in [-0.25, -0.2) is 0 Å². The van der Waals surface area contributed by atoms with E-state index in [0.717, 1.165) is 12.8 Å². The molecule has 0 heterocycles. The van der Waals surface area contributed by atoms with E-state index in [2.05, 4.69) is 44.9 Å². The standard InChI is InChI=1S/C15H21NO2/c1-9-5-6-14(11(3)10(9)2)16(4)13-7-12(8-13)15(17)18/h5-6,12-13H,7-8H2,1-4H3,(H,17,18). The molecule has 18 heavy (non-hydrogen) atoms. The van der Waals surface area contributed by atoms with Crippen LogP contribution < -0.4 is 4.90 Å². The highest BCUT2D eigenvalue weighted by Crippen LogP contribution is 2.35. The predicted octanol–water partition coefficient (Wildman–Crippen LogP) is 2.91. The first-order valence-electron chi connectivity index (χ1n) is 6.44. The van der Waals surface area contributed by atoms with Gasteiger partial charge in [-0.05, 0) is 56.4 Å². The molecular formula is C15H21NO2. The van der Waals surface area contributed by atoms with Crippen LogP contribution in [0.15, 0.2) is 12.1 Å². The third-order valence-corrected chi connectivity index (χ3v) is 4.42. The number of aryl methyl sites for hydroxylation is 1. The zero-order valence-electron chi connectivity index (χ0n) is 11.5. The Morgan fingerprint density at radius 2 is 1.83 bits per heavy atom. The zero-order chi connectivity index (χ0) is 13.4. The molecular weight excluding hydrogens is 226 g/mol. The molecule has 0 aliphatic heterocycles. The van der Waals surface area contributed by atoms with Crippen LogP contribution in [0.5, 0.6) is 0 Å². The van der Waals surface area contributed by atoms with E-state index in [-0.39, 0.29) is 5.92 Å². The summed E-state index contributed by atoms with van der Waals surface area (Å²) in [6.45, 7) is 6.40. The average Bonchev–Trinajstić information content (AvgIpc) is 2.23. The van der Waals surface area contributed by atoms with Gasteiger partial charge in [-0.3, -0.25) is 4.79 Å². The van der Waals surface area contributed by atoms with Crippen molar-refractivity contribution in [2.45, 2.75) is 39.7 Å². The molecule has 1 N–H and O–H groups in total. The lowest BCUT2D eigenvalue weighted by atomic mass is 9.79. The van der Waals surface area contributed by atoms with Gasteiger partial charge in [0.15, 0.2) is 0 Å². The molecule has 3 heteroatoms. The molecule has 0 aromatic heterocycles. The van der Waals surface area contributed by atoms with Crippen molar-refractivity contribution in [1.29, 1.82) is 0 Å². The topological polar surface area (TPSA) is 40.5 Å². The Hall–Kier alpha value is -1.51. The van der Waals surface area contributed by atoms with Crippen LogP contribution in [-0.4, -0.2) is 24.2 Å². The van der Waals surface area contributed by atoms with Gasteiger partial charge >= 0.3 is 5.97 Å². The van der Waals surface area contributed by atoms with Crippen molar-refractivity contribution in [1.82, 2.24) is 0 Å². The van der Waals surface area contributed by atoms with Crippen LogP contribution >= 0.6 is 0 Å². The molecule has 1 aromatic rings. The molecule has 0 saturated heterocycles. The lowest BCUT2D eigenvalue weighted by Gasteiger charge is -2.41. The van der Waals surface area contributed by atoms with Gasteiger partial charge in [0.05, 0.1) is 5.92 Å². The Morgan fingerprint density at radius 3 is 2.39 bits per heavy atom. The van der Waals surface area contributed by atoms with E-state index in [4.69, 9.17) is 5.11 Å². The van der Waals surface area contributed by atoms with Crippen molar-refractivity contribution < 1.29 is 9.90 Å². The summed E-state index contributed by atoms with van der Waals surface area (Å²) in [6, 6.07) is 4.65. The van der Waals surface area contributed by atoms with Crippen LogP contribution in [0, 0.1) is 26.7 Å². The quantitative estimate of drug-likeness (QED) is 0.892. The second kappa shape index (κ2) is 4.63. The summed E-state index contributed by atoms with van der Waals surface area (Å²) >= 11 is 0. The molecule has 0 bridgehead atoms. The number of rotatable bonds is 3. The summed E-state index contributed by atoms with van der Waals surface area (Å²) in [4.78, 5) is 13.1. The first-order valence-corrected chi connectivity index (χ1v) is 6.44. The Bertz CT molecular complexity index is 476. The maximum atomic E-state index is 10.8. The van der Waals surface area contributed by atoms with Crippen molar-refractivity contribution in [2.24, 2.45) is 5.92 Å². The maximum Gasteiger partial charge on any atom is 0.306 e. The van der Waals surface area contributed by atoms with E-state index >= 15 is 0 Å². The number of carboxylic acids is 1. The van der Waals surface area contributed by atoms with E-state index in [1.807, 2.05) is 0 Å². The molecule has 0 atom stereocenters. The van der Waals surface area contributed by atoms with Crippen LogP contribution in [0.25, 0.3) is 0 Å². The largest absolute Gasteiger partial charge is 0.481 e. The molecule has 0 radical (unpaired) electrons. The molecule has 98 valence electrons. The van der Waals surface area contributed by atoms with Gasteiger partial charge in [0, 0.05) is 18.8 Å². The summed E-state index contributed by atoms with van der Waals surface area (Å²) in [6.07, 6.45) is 1.52. The molecule has 0 unspecified atom stereocenters. The van der Waals surface area contributed by atoms with E-state index < -0.39 is 5.97 Å². The highest BCUT2D eigenvalue weighted by atomic mass is 16.4. The molecule has 1 fully saturated rings. The molecule has 1 aliphatic rings. The van der Waals surface area contributed by atoms with Crippen LogP contribution in [0.4, 0.5) is 5.69 Å². The summed E-state index contributed by atoms with van der Waals surface area (Å²) in [5.41, 5.74) is 5.17. The van der Waals surface area contributed by atoms with Crippen LogP contribution in [0.1, 0.15) is 29.5 Å². The third kappa shape index (κ3) is 2.09. The van der Waals surface area contributed by atoms with Crippen molar-refractivity contribution in [3.8, 4) is 0 Å². The van der Waals surface area contributed by atoms with Gasteiger partial charge in [-0.1, -0.05) is 6.07 Å². The number of hydrogen-bond donors (Lipinski definition) is 1. The molecule has 1 aliphatic carbocycles. The highest BCUT2D eigenvalue weighted by Gasteiger charge is 2.37. The van der Waals surface area contributed by atoms with E-state index in [1.165, 1.54) is 22.4 Å². The predicted molar refractivity (Wildman–Crippen MR) is 73.2 cm³/mol. The first-order chi connectivity index (χ1) is 8.41. The Balaban J connectivity index is 2.14. The summed E-state index contributed by atoms with van der Waals surface area (Å²) in [5.74, 6) is -0.805. The minimum atomic E-state index is -0.656. The number of benzene rings is 1. The number of carbonyl (C=O) groups is 1. The number of aliphatic carboxylic acids is 1. The minimum Gasteiger partial charge on any atom is -0.481 e. The number of carboxylic acid groups (broad SMARTS) is 1. The van der Waals surface area contributed by atoms with Gasteiger partial charge in [-0.2, -0.15) is 0 Å². The Labute approximate surface area is 108 Å². The average molecular weight is 247 g/mol. The normalized spacial score (nSPS) is 22.4. The minimum absolute atomic E-state index is 0.149. The molecule has 3 nitrogen and oxygen atoms in total. The highest BCUT2D eigenvalue weighted by molar-refractivity contribution is 5.72. The lowest BCUT2D eigenvalue weighted by molar-refractivity contribution is -0.145. The van der Waals surface area contributed by atoms with E-state index in [9.17, 15) is 4.79 Å². The van der Waals surface area contributed by atoms with Crippen molar-refractivity contribution in [3.05, 3.63) is 28.8 Å². The summed E-state index contributed by atoms with van der Waals surface area (Å²) < 4.78 is 0. The van der Waals surface area contributed by atoms with Gasteiger partial charge in [0.2, 0.25) is 0 Å². The lowest BCUT2D eigenvalue weighted by Crippen LogP contribution is -2.45. The molecule has 1 saturated carbocycles. The smallest absolute Gasteiger partial charge is 0.306 e. The number of hydrogen-bond acceptors (Lipinski definition) is 2. The monoisotopic (exact) mass is 247 g/mol. The second-order valence-electron chi connectivity index (χ2n) is 5.42. The van der Waals surface area contributed by atoms with Gasteiger partial charge in [0.25, 0.3) is 0 Å². The zero-order valence-corrected chi connectivity index (χ0v) is 11.5. The molecule has 0 spiro atoms. The summed E-state index contributed by atoms with van der Waals surface area (Å²) in [5, 5.41) is 8.92. The SMILES string of the molecule is Cc1ccc(N(C)C2CC(C(=O)O)C2)c(C)c1C. The molecule has 0 amide bonds. The fraction of sp³-hybridized carbons (Fsp3) is 0.533. The Kier molecular flexibility index (Phi) is 3.33. The van der Waals surface area contributed by atoms with E-state index in [1.54, 1.807) is 0 Å². The second-order valence-corrected chi connectivity index (χ2v) is 5.42. The van der Waals surface area contributed by atoms with Crippen LogP contribution in [0.3, 0.4) is 0 Å². The third-order valence-electron chi connectivity index (χ3n) is 4.42. The fourth-order valence-corrected chi connectivity index (χ4v) is 2.63.